The summed E-state index contributed by atoms with van der Waals surface area (Å²) in [6.07, 6.45) is 0. The molecule has 292 valence electrons. The third kappa shape index (κ3) is 5.92. The van der Waals surface area contributed by atoms with E-state index in [1.165, 1.54) is 75.5 Å². The Labute approximate surface area is 365 Å². The molecule has 0 saturated carbocycles. The number of nitrogens with zero attached hydrogens (tertiary/aromatic N) is 2. The van der Waals surface area contributed by atoms with Crippen LogP contribution in [-0.2, 0) is 5.41 Å². The summed E-state index contributed by atoms with van der Waals surface area (Å²) in [7, 11) is 0. The molecular formula is C59H40N2S. The Morgan fingerprint density at radius 3 is 1.79 bits per heavy atom. The molecule has 1 aliphatic carbocycles. The lowest BCUT2D eigenvalue weighted by Crippen LogP contribution is -2.14. The number of hydrogen-bond acceptors (Lipinski definition) is 3. The van der Waals surface area contributed by atoms with Gasteiger partial charge in [0.2, 0.25) is 0 Å². The van der Waals surface area contributed by atoms with Gasteiger partial charge in [0.05, 0.1) is 11.4 Å². The molecule has 0 unspecified atom stereocenters. The van der Waals surface area contributed by atoms with Gasteiger partial charge in [-0.2, -0.15) is 0 Å². The largest absolute Gasteiger partial charge is 0.228 e. The molecule has 0 bridgehead atoms. The number of hydrogen-bond donors (Lipinski definition) is 0. The van der Waals surface area contributed by atoms with Crippen molar-refractivity contribution in [3.63, 3.8) is 0 Å². The molecule has 2 nitrogen and oxygen atoms in total. The predicted octanol–water partition coefficient (Wildman–Crippen LogP) is 16.3. The SMILES string of the molecule is CC1(C)c2ccccc2-c2c(-c3ccc(-c4cc(-c5cc(-c6cccc7ccccc67)cc(-c6cccc7c6sc6ccccc67)c5)nc(-c5ccccc5)n4)cc3)cccc21. The highest BCUT2D eigenvalue weighted by atomic mass is 32.1. The molecule has 0 atom stereocenters. The highest BCUT2D eigenvalue weighted by Crippen LogP contribution is 2.52. The van der Waals surface area contributed by atoms with Crippen LogP contribution >= 0.6 is 11.3 Å². The Hall–Kier alpha value is -7.46. The van der Waals surface area contributed by atoms with Gasteiger partial charge in [-0.05, 0) is 96.7 Å². The normalized spacial score (nSPS) is 12.8. The zero-order valence-corrected chi connectivity index (χ0v) is 35.2. The van der Waals surface area contributed by atoms with E-state index in [0.717, 1.165) is 39.2 Å². The van der Waals surface area contributed by atoms with Gasteiger partial charge in [0.25, 0.3) is 0 Å². The molecule has 0 radical (unpaired) electrons. The minimum atomic E-state index is -0.0533. The van der Waals surface area contributed by atoms with Crippen LogP contribution < -0.4 is 0 Å². The van der Waals surface area contributed by atoms with Gasteiger partial charge < -0.3 is 0 Å². The van der Waals surface area contributed by atoms with E-state index in [-0.39, 0.29) is 5.41 Å². The number of thiophene rings is 1. The van der Waals surface area contributed by atoms with Gasteiger partial charge in [-0.3, -0.25) is 0 Å². The van der Waals surface area contributed by atoms with Crippen molar-refractivity contribution in [1.29, 1.82) is 0 Å². The lowest BCUT2D eigenvalue weighted by molar-refractivity contribution is 0.660. The number of rotatable bonds is 6. The fourth-order valence-electron chi connectivity index (χ4n) is 9.81. The molecule has 62 heavy (non-hydrogen) atoms. The quantitative estimate of drug-likeness (QED) is 0.167. The lowest BCUT2D eigenvalue weighted by Gasteiger charge is -2.21. The van der Waals surface area contributed by atoms with Crippen molar-refractivity contribution in [2.24, 2.45) is 0 Å². The molecule has 12 rings (SSSR count). The van der Waals surface area contributed by atoms with Crippen molar-refractivity contribution in [3.8, 4) is 78.4 Å². The van der Waals surface area contributed by atoms with Gasteiger partial charge in [-0.25, -0.2) is 9.97 Å². The van der Waals surface area contributed by atoms with Gasteiger partial charge in [-0.15, -0.1) is 11.3 Å². The number of fused-ring (bicyclic) bond motifs is 7. The minimum Gasteiger partial charge on any atom is -0.228 e. The van der Waals surface area contributed by atoms with E-state index in [9.17, 15) is 0 Å². The predicted molar refractivity (Wildman–Crippen MR) is 263 cm³/mol. The third-order valence-electron chi connectivity index (χ3n) is 12.9. The van der Waals surface area contributed by atoms with Crippen molar-refractivity contribution < 1.29 is 0 Å². The third-order valence-corrected chi connectivity index (χ3v) is 14.1. The fourth-order valence-corrected chi connectivity index (χ4v) is 11.1. The van der Waals surface area contributed by atoms with E-state index in [1.54, 1.807) is 0 Å². The Bertz CT molecular complexity index is 3540. The Morgan fingerprint density at radius 1 is 0.371 bits per heavy atom. The first-order valence-electron chi connectivity index (χ1n) is 21.3. The fraction of sp³-hybridized carbons (Fsp3) is 0.0508. The van der Waals surface area contributed by atoms with Gasteiger partial charge in [0, 0.05) is 42.3 Å². The first-order valence-corrected chi connectivity index (χ1v) is 22.1. The highest BCUT2D eigenvalue weighted by Gasteiger charge is 2.36. The van der Waals surface area contributed by atoms with Crippen molar-refractivity contribution in [3.05, 3.63) is 217 Å². The van der Waals surface area contributed by atoms with Crippen LogP contribution in [0.3, 0.4) is 0 Å². The van der Waals surface area contributed by atoms with Crippen molar-refractivity contribution in [1.82, 2.24) is 9.97 Å². The highest BCUT2D eigenvalue weighted by molar-refractivity contribution is 7.26. The second-order valence-corrected chi connectivity index (χ2v) is 18.0. The molecule has 0 fully saturated rings. The maximum Gasteiger partial charge on any atom is 0.160 e. The van der Waals surface area contributed by atoms with Crippen LogP contribution in [0.4, 0.5) is 0 Å². The average Bonchev–Trinajstić information content (AvgIpc) is 3.83. The Kier molecular flexibility index (Phi) is 8.41. The first-order chi connectivity index (χ1) is 30.5. The maximum absolute atomic E-state index is 5.36. The van der Waals surface area contributed by atoms with Crippen LogP contribution in [0.2, 0.25) is 0 Å². The summed E-state index contributed by atoms with van der Waals surface area (Å²) < 4.78 is 2.59. The van der Waals surface area contributed by atoms with Crippen LogP contribution in [0.25, 0.3) is 109 Å². The molecular weight excluding hydrogens is 769 g/mol. The number of benzene rings is 9. The van der Waals surface area contributed by atoms with Crippen LogP contribution in [0.15, 0.2) is 206 Å². The summed E-state index contributed by atoms with van der Waals surface area (Å²) in [5.74, 6) is 0.700. The molecule has 3 heteroatoms. The summed E-state index contributed by atoms with van der Waals surface area (Å²) in [6.45, 7) is 4.68. The van der Waals surface area contributed by atoms with Crippen LogP contribution in [0.5, 0.6) is 0 Å². The van der Waals surface area contributed by atoms with E-state index in [2.05, 4.69) is 214 Å². The van der Waals surface area contributed by atoms with Crippen molar-refractivity contribution >= 4 is 42.3 Å². The topological polar surface area (TPSA) is 25.8 Å². The molecule has 2 heterocycles. The molecule has 0 amide bonds. The number of aromatic nitrogens is 2. The summed E-state index contributed by atoms with van der Waals surface area (Å²) in [5, 5.41) is 5.02. The van der Waals surface area contributed by atoms with E-state index < -0.39 is 0 Å². The molecule has 2 aromatic heterocycles. The molecule has 11 aromatic rings. The minimum absolute atomic E-state index is 0.0533. The van der Waals surface area contributed by atoms with Gasteiger partial charge in [0.15, 0.2) is 5.82 Å². The van der Waals surface area contributed by atoms with Gasteiger partial charge in [-0.1, -0.05) is 190 Å². The van der Waals surface area contributed by atoms with Crippen molar-refractivity contribution in [2.75, 3.05) is 0 Å². The van der Waals surface area contributed by atoms with Gasteiger partial charge in [0.1, 0.15) is 0 Å². The van der Waals surface area contributed by atoms with E-state index in [0.29, 0.717) is 5.82 Å². The lowest BCUT2D eigenvalue weighted by atomic mass is 9.82. The summed E-state index contributed by atoms with van der Waals surface area (Å²) in [5.41, 5.74) is 17.4. The molecule has 0 spiro atoms. The second kappa shape index (κ2) is 14.3. The standard InChI is InChI=1S/C59H40N2S/c1-59(2)51-26-10-8-21-50(51)56-46(23-14-27-52(56)59)38-29-31-39(32-30-38)53-36-54(61-58(60-53)40-16-4-3-5-17-40)43-34-41(45-22-12-18-37-15-6-7-19-44(37)45)33-42(35-43)47-24-13-25-49-48-20-9-11-28-55(48)62-57(47)49/h3-36H,1-2H3. The zero-order chi connectivity index (χ0) is 41.4. The monoisotopic (exact) mass is 808 g/mol. The summed E-state index contributed by atoms with van der Waals surface area (Å²) in [4.78, 5) is 10.6. The van der Waals surface area contributed by atoms with E-state index in [4.69, 9.17) is 9.97 Å². The van der Waals surface area contributed by atoms with E-state index >= 15 is 0 Å². The molecule has 9 aromatic carbocycles. The summed E-state index contributed by atoms with van der Waals surface area (Å²) in [6, 6.07) is 74.9. The van der Waals surface area contributed by atoms with Gasteiger partial charge >= 0.3 is 0 Å². The second-order valence-electron chi connectivity index (χ2n) is 16.9. The van der Waals surface area contributed by atoms with Crippen LogP contribution in [0.1, 0.15) is 25.0 Å². The average molecular weight is 809 g/mol. The van der Waals surface area contributed by atoms with E-state index in [1.807, 2.05) is 17.4 Å². The zero-order valence-electron chi connectivity index (χ0n) is 34.4. The van der Waals surface area contributed by atoms with Crippen LogP contribution in [-0.4, -0.2) is 9.97 Å². The van der Waals surface area contributed by atoms with Crippen molar-refractivity contribution in [2.45, 2.75) is 19.3 Å². The van der Waals surface area contributed by atoms with Crippen LogP contribution in [0, 0.1) is 0 Å². The smallest absolute Gasteiger partial charge is 0.160 e. The first kappa shape index (κ1) is 36.4. The Morgan fingerprint density at radius 2 is 0.935 bits per heavy atom. The summed E-state index contributed by atoms with van der Waals surface area (Å²) >= 11 is 1.87. The molecule has 0 saturated heterocycles. The Balaban J connectivity index is 1.04. The molecule has 0 N–H and O–H groups in total. The molecule has 0 aliphatic heterocycles. The maximum atomic E-state index is 5.36. The molecule has 1 aliphatic rings.